The highest BCUT2D eigenvalue weighted by Crippen LogP contribution is 1.99. The number of ether oxygens (including phenoxy) is 1. The fraction of sp³-hybridized carbons (Fsp3) is 0.800. The zero-order chi connectivity index (χ0) is 12.4. The zero-order valence-corrected chi connectivity index (χ0v) is 10.3. The number of likely N-dealkylation sites (tertiary alicyclic amines) is 1. The molecule has 0 amide bonds. The smallest absolute Gasteiger partial charge is 0.338 e. The van der Waals surface area contributed by atoms with E-state index in [1.54, 1.807) is 16.8 Å². The molecular formula is C10H20BN3O2. The van der Waals surface area contributed by atoms with Crippen molar-refractivity contribution in [3.63, 3.8) is 0 Å². The number of methoxy groups -OCH3 is 1. The van der Waals surface area contributed by atoms with Crippen molar-refractivity contribution in [1.82, 2.24) is 0 Å². The fourth-order valence-corrected chi connectivity index (χ4v) is 1.49. The van der Waals surface area contributed by atoms with Gasteiger partial charge in [0.1, 0.15) is 0 Å². The Bertz CT molecular complexity index is 252. The van der Waals surface area contributed by atoms with E-state index in [9.17, 15) is 0 Å². The van der Waals surface area contributed by atoms with Gasteiger partial charge in [0.25, 0.3) is 0 Å². The normalized spacial score (nSPS) is 15.8. The predicted molar refractivity (Wildman–Crippen MR) is 61.7 cm³/mol. The molecule has 16 heavy (non-hydrogen) atoms. The number of hydrogen-bond donors (Lipinski definition) is 1. The summed E-state index contributed by atoms with van der Waals surface area (Å²) in [6.45, 7) is 2.84. The Kier molecular flexibility index (Phi) is 7.58. The summed E-state index contributed by atoms with van der Waals surface area (Å²) < 4.78 is 9.33. The number of nitrogens with one attached hydrogen (secondary N) is 1. The van der Waals surface area contributed by atoms with Crippen LogP contribution >= 0.6 is 0 Å². The van der Waals surface area contributed by atoms with Crippen LogP contribution in [0.5, 0.6) is 0 Å². The topological polar surface area (TPSA) is 70.5 Å². The van der Waals surface area contributed by atoms with E-state index >= 15 is 0 Å². The molecule has 1 fully saturated rings. The van der Waals surface area contributed by atoms with Gasteiger partial charge in [-0.3, -0.25) is 0 Å². The Hall–Kier alpha value is -1.08. The van der Waals surface area contributed by atoms with Crippen molar-refractivity contribution in [1.29, 1.82) is 10.5 Å². The highest BCUT2D eigenvalue weighted by Gasteiger charge is 2.23. The van der Waals surface area contributed by atoms with Gasteiger partial charge in [0.05, 0.1) is 20.1 Å². The van der Waals surface area contributed by atoms with Crippen LogP contribution in [0, 0.1) is 22.5 Å². The van der Waals surface area contributed by atoms with E-state index in [4.69, 9.17) is 15.2 Å². The van der Waals surface area contributed by atoms with Crippen LogP contribution in [-0.4, -0.2) is 47.2 Å². The van der Waals surface area contributed by atoms with E-state index < -0.39 is 6.35 Å². The lowest BCUT2D eigenvalue weighted by molar-refractivity contribution is -0.866. The first-order valence-corrected chi connectivity index (χ1v) is 5.48. The molecule has 6 heteroatoms. The lowest BCUT2D eigenvalue weighted by Gasteiger charge is -2.21. The van der Waals surface area contributed by atoms with Gasteiger partial charge < -0.3 is 14.3 Å². The Labute approximate surface area is 97.5 Å². The molecule has 1 N–H and O–H groups in total. The predicted octanol–water partition coefficient (Wildman–Crippen LogP) is -0.816. The van der Waals surface area contributed by atoms with Crippen LogP contribution in [0.1, 0.15) is 12.8 Å². The molecule has 0 aromatic heterocycles. The summed E-state index contributed by atoms with van der Waals surface area (Å²) >= 11 is 0. The number of rotatable bonds is 3. The maximum Gasteiger partial charge on any atom is 0.338 e. The number of hydrogen-bond acceptors (Lipinski definition) is 4. The minimum absolute atomic E-state index is 0.0312. The lowest BCUT2D eigenvalue weighted by Crippen LogP contribution is -3.06. The van der Waals surface area contributed by atoms with Crippen LogP contribution in [0.15, 0.2) is 0 Å². The lowest BCUT2D eigenvalue weighted by atomic mass is 9.44. The molecule has 1 rings (SSSR count). The summed E-state index contributed by atoms with van der Waals surface area (Å²) in [4.78, 5) is 1.70. The van der Waals surface area contributed by atoms with Crippen LogP contribution in [0.25, 0.3) is 0 Å². The second kappa shape index (κ2) is 8.12. The molecule has 1 heterocycles. The van der Waals surface area contributed by atoms with Gasteiger partial charge in [0, 0.05) is 20.0 Å². The van der Waals surface area contributed by atoms with E-state index in [1.165, 1.54) is 40.2 Å². The molecule has 0 unspecified atom stereocenters. The standard InChI is InChI=1S/C5H8BN2O2.C5H11N/c1-9-5-6(3-7,4-8)10-2;1-6-4-2-3-5-6/h5H2,1-2H3;2-5H2,1H3/q-1;/p+1. The third-order valence-electron chi connectivity index (χ3n) is 2.68. The van der Waals surface area contributed by atoms with Gasteiger partial charge in [-0.05, 0) is 13.6 Å². The van der Waals surface area contributed by atoms with Crippen molar-refractivity contribution in [3.05, 3.63) is 0 Å². The molecule has 0 aromatic rings. The first kappa shape index (κ1) is 14.9. The average Bonchev–Trinajstić information content (AvgIpc) is 2.78. The molecule has 1 saturated heterocycles. The number of nitrogens with zero attached hydrogens (tertiary/aromatic N) is 2. The molecule has 0 atom stereocenters. The van der Waals surface area contributed by atoms with Gasteiger partial charge in [0.15, 0.2) is 0 Å². The Morgan fingerprint density at radius 2 is 1.69 bits per heavy atom. The van der Waals surface area contributed by atoms with E-state index in [0.29, 0.717) is 0 Å². The number of nitriles is 2. The SMILES string of the molecule is COC[B-](C#N)(C#N)OC.C[NH+]1CCCC1. The molecule has 1 aliphatic heterocycles. The molecule has 0 spiro atoms. The van der Waals surface area contributed by atoms with E-state index in [0.717, 1.165) is 0 Å². The molecule has 90 valence electrons. The molecule has 0 saturated carbocycles. The fourth-order valence-electron chi connectivity index (χ4n) is 1.49. The second-order valence-electron chi connectivity index (χ2n) is 4.07. The van der Waals surface area contributed by atoms with Gasteiger partial charge >= 0.3 is 6.35 Å². The second-order valence-corrected chi connectivity index (χ2v) is 4.07. The van der Waals surface area contributed by atoms with Crippen LogP contribution in [0.3, 0.4) is 0 Å². The highest BCUT2D eigenvalue weighted by molar-refractivity contribution is 6.87. The Balaban J connectivity index is 0.000000315. The molecule has 5 nitrogen and oxygen atoms in total. The summed E-state index contributed by atoms with van der Waals surface area (Å²) in [7, 11) is 5.00. The maximum absolute atomic E-state index is 8.46. The Morgan fingerprint density at radius 1 is 1.19 bits per heavy atom. The van der Waals surface area contributed by atoms with Gasteiger partial charge in [-0.2, -0.15) is 0 Å². The minimum Gasteiger partial charge on any atom is -0.569 e. The first-order chi connectivity index (χ1) is 7.64. The molecular weight excluding hydrogens is 205 g/mol. The van der Waals surface area contributed by atoms with Crippen LogP contribution in [0.4, 0.5) is 0 Å². The third-order valence-corrected chi connectivity index (χ3v) is 2.68. The molecule has 1 aliphatic rings. The van der Waals surface area contributed by atoms with E-state index in [2.05, 4.69) is 11.8 Å². The van der Waals surface area contributed by atoms with E-state index in [-0.39, 0.29) is 6.51 Å². The van der Waals surface area contributed by atoms with E-state index in [1.807, 2.05) is 0 Å². The highest BCUT2D eigenvalue weighted by atomic mass is 16.5. The van der Waals surface area contributed by atoms with Crippen molar-refractivity contribution in [3.8, 4) is 11.9 Å². The van der Waals surface area contributed by atoms with Gasteiger partial charge in [-0.25, -0.2) is 10.5 Å². The zero-order valence-electron chi connectivity index (χ0n) is 10.3. The third kappa shape index (κ3) is 5.13. The summed E-state index contributed by atoms with van der Waals surface area (Å²) in [6, 6.07) is 0. The summed E-state index contributed by atoms with van der Waals surface area (Å²) in [5, 5.41) is 16.9. The summed E-state index contributed by atoms with van der Waals surface area (Å²) in [5.74, 6) is 3.54. The Morgan fingerprint density at radius 3 is 1.81 bits per heavy atom. The minimum atomic E-state index is -2.06. The molecule has 0 bridgehead atoms. The van der Waals surface area contributed by atoms with Gasteiger partial charge in [-0.15, -0.1) is 0 Å². The molecule has 0 aliphatic carbocycles. The van der Waals surface area contributed by atoms with Crippen molar-refractivity contribution in [2.75, 3.05) is 40.9 Å². The van der Waals surface area contributed by atoms with Gasteiger partial charge in [-0.1, -0.05) is 11.9 Å². The maximum atomic E-state index is 8.46. The van der Waals surface area contributed by atoms with Crippen LogP contribution in [-0.2, 0) is 9.39 Å². The van der Waals surface area contributed by atoms with Crippen molar-refractivity contribution >= 4 is 6.35 Å². The molecule has 0 radical (unpaired) electrons. The van der Waals surface area contributed by atoms with Crippen LogP contribution < -0.4 is 4.90 Å². The summed E-state index contributed by atoms with van der Waals surface area (Å²) in [5.41, 5.74) is 0. The summed E-state index contributed by atoms with van der Waals surface area (Å²) in [6.07, 6.45) is 0.838. The molecule has 0 aromatic carbocycles. The van der Waals surface area contributed by atoms with Gasteiger partial charge in [0.2, 0.25) is 0 Å². The van der Waals surface area contributed by atoms with Crippen molar-refractivity contribution < 1.29 is 14.3 Å². The largest absolute Gasteiger partial charge is 0.569 e. The van der Waals surface area contributed by atoms with Crippen LogP contribution in [0.2, 0.25) is 0 Å². The van der Waals surface area contributed by atoms with Crippen molar-refractivity contribution in [2.24, 2.45) is 0 Å². The number of quaternary nitrogens is 1. The quantitative estimate of drug-likeness (QED) is 0.637. The monoisotopic (exact) mass is 225 g/mol. The first-order valence-electron chi connectivity index (χ1n) is 5.48. The van der Waals surface area contributed by atoms with Crippen molar-refractivity contribution in [2.45, 2.75) is 12.8 Å². The average molecular weight is 225 g/mol.